The fourth-order valence-electron chi connectivity index (χ4n) is 2.23. The van der Waals surface area contributed by atoms with Gasteiger partial charge in [0, 0.05) is 17.7 Å². The number of carbonyl (C=O) groups excluding carboxylic acids is 1. The van der Waals surface area contributed by atoms with Crippen LogP contribution in [0.4, 0.5) is 11.4 Å². The molecule has 7 heteroatoms. The van der Waals surface area contributed by atoms with Crippen LogP contribution in [0.15, 0.2) is 18.2 Å². The molecule has 0 aromatic heterocycles. The number of hydrogen-bond donors (Lipinski definition) is 3. The zero-order valence-electron chi connectivity index (χ0n) is 11.5. The number of benzene rings is 1. The van der Waals surface area contributed by atoms with E-state index in [4.69, 9.17) is 5.84 Å². The normalized spacial score (nSPS) is 14.8. The van der Waals surface area contributed by atoms with Gasteiger partial charge in [0.25, 0.3) is 11.6 Å². The number of anilines is 1. The maximum absolute atomic E-state index is 12.3. The van der Waals surface area contributed by atoms with Crippen molar-refractivity contribution in [3.63, 3.8) is 0 Å². The third kappa shape index (κ3) is 2.88. The van der Waals surface area contributed by atoms with Gasteiger partial charge in [0.15, 0.2) is 0 Å². The van der Waals surface area contributed by atoms with Crippen molar-refractivity contribution in [2.75, 3.05) is 5.43 Å². The Morgan fingerprint density at radius 1 is 1.45 bits per heavy atom. The lowest BCUT2D eigenvalue weighted by molar-refractivity contribution is -0.384. The van der Waals surface area contributed by atoms with Gasteiger partial charge in [0.05, 0.1) is 16.2 Å². The molecule has 0 bridgehead atoms. The van der Waals surface area contributed by atoms with E-state index in [1.807, 2.05) is 13.8 Å². The molecule has 0 aliphatic heterocycles. The lowest BCUT2D eigenvalue weighted by Gasteiger charge is -2.26. The summed E-state index contributed by atoms with van der Waals surface area (Å²) in [5.41, 5.74) is 2.46. The molecule has 1 fully saturated rings. The van der Waals surface area contributed by atoms with Gasteiger partial charge in [0.2, 0.25) is 0 Å². The van der Waals surface area contributed by atoms with E-state index in [9.17, 15) is 14.9 Å². The van der Waals surface area contributed by atoms with Crippen molar-refractivity contribution in [3.8, 4) is 0 Å². The van der Waals surface area contributed by atoms with Crippen LogP contribution in [0.5, 0.6) is 0 Å². The largest absolute Gasteiger partial charge is 0.347 e. The Labute approximate surface area is 116 Å². The zero-order chi connectivity index (χ0) is 14.9. The van der Waals surface area contributed by atoms with E-state index in [2.05, 4.69) is 10.7 Å². The number of amides is 1. The second-order valence-corrected chi connectivity index (χ2v) is 5.58. The fourth-order valence-corrected chi connectivity index (χ4v) is 2.23. The Balaban J connectivity index is 2.27. The third-order valence-electron chi connectivity index (χ3n) is 3.65. The van der Waals surface area contributed by atoms with Crippen molar-refractivity contribution in [2.45, 2.75) is 32.2 Å². The molecule has 1 aliphatic rings. The summed E-state index contributed by atoms with van der Waals surface area (Å²) < 4.78 is 0. The summed E-state index contributed by atoms with van der Waals surface area (Å²) in [5, 5.41) is 13.7. The van der Waals surface area contributed by atoms with Gasteiger partial charge in [-0.25, -0.2) is 0 Å². The summed E-state index contributed by atoms with van der Waals surface area (Å²) in [5.74, 6) is 5.45. The van der Waals surface area contributed by atoms with Gasteiger partial charge in [-0.05, 0) is 38.7 Å². The smallest absolute Gasteiger partial charge is 0.270 e. The molecule has 0 spiro atoms. The second-order valence-electron chi connectivity index (χ2n) is 5.58. The molecule has 4 N–H and O–H groups in total. The van der Waals surface area contributed by atoms with Crippen molar-refractivity contribution < 1.29 is 9.72 Å². The number of nitrogens with zero attached hydrogens (tertiary/aromatic N) is 1. The van der Waals surface area contributed by atoms with Crippen LogP contribution in [-0.2, 0) is 0 Å². The van der Waals surface area contributed by atoms with E-state index in [1.165, 1.54) is 18.2 Å². The predicted molar refractivity (Wildman–Crippen MR) is 75.2 cm³/mol. The number of nitrogens with two attached hydrogens (primary N) is 1. The van der Waals surface area contributed by atoms with E-state index in [0.29, 0.717) is 11.6 Å². The number of nitrogens with one attached hydrogen (secondary N) is 2. The molecular weight excluding hydrogens is 260 g/mol. The van der Waals surface area contributed by atoms with Crippen molar-refractivity contribution in [2.24, 2.45) is 11.8 Å². The van der Waals surface area contributed by atoms with E-state index < -0.39 is 4.92 Å². The molecule has 1 saturated carbocycles. The Morgan fingerprint density at radius 3 is 2.60 bits per heavy atom. The number of nitro benzene ring substituents is 1. The van der Waals surface area contributed by atoms with Crippen LogP contribution in [0.2, 0.25) is 0 Å². The second kappa shape index (κ2) is 5.09. The minimum absolute atomic E-state index is 0.140. The summed E-state index contributed by atoms with van der Waals surface area (Å²) >= 11 is 0. The van der Waals surface area contributed by atoms with Crippen molar-refractivity contribution in [1.82, 2.24) is 5.32 Å². The van der Waals surface area contributed by atoms with E-state index in [-0.39, 0.29) is 22.7 Å². The highest BCUT2D eigenvalue weighted by atomic mass is 16.6. The lowest BCUT2D eigenvalue weighted by Crippen LogP contribution is -2.45. The first-order chi connectivity index (χ1) is 9.35. The molecule has 0 atom stereocenters. The molecule has 1 aromatic carbocycles. The summed E-state index contributed by atoms with van der Waals surface area (Å²) in [6, 6.07) is 3.96. The molecule has 0 heterocycles. The highest BCUT2D eigenvalue weighted by molar-refractivity contribution is 6.00. The van der Waals surface area contributed by atoms with Gasteiger partial charge in [-0.15, -0.1) is 0 Å². The Morgan fingerprint density at radius 2 is 2.10 bits per heavy atom. The van der Waals surface area contributed by atoms with Crippen molar-refractivity contribution >= 4 is 17.3 Å². The first-order valence-electron chi connectivity index (χ1n) is 6.42. The van der Waals surface area contributed by atoms with Crippen LogP contribution in [0.25, 0.3) is 0 Å². The average Bonchev–Trinajstić information content (AvgIpc) is 3.21. The summed E-state index contributed by atoms with van der Waals surface area (Å²) in [6.07, 6.45) is 2.18. The Bertz CT molecular complexity index is 553. The van der Waals surface area contributed by atoms with Crippen LogP contribution < -0.4 is 16.6 Å². The van der Waals surface area contributed by atoms with Gasteiger partial charge in [0.1, 0.15) is 0 Å². The molecule has 108 valence electrons. The van der Waals surface area contributed by atoms with E-state index in [0.717, 1.165) is 12.8 Å². The monoisotopic (exact) mass is 278 g/mol. The third-order valence-corrected chi connectivity index (χ3v) is 3.65. The summed E-state index contributed by atoms with van der Waals surface area (Å²) in [6.45, 7) is 3.91. The molecule has 0 unspecified atom stereocenters. The quantitative estimate of drug-likeness (QED) is 0.432. The average molecular weight is 278 g/mol. The number of rotatable bonds is 5. The predicted octanol–water partition coefficient (Wildman–Crippen LogP) is 1.80. The van der Waals surface area contributed by atoms with Gasteiger partial charge >= 0.3 is 0 Å². The Kier molecular flexibility index (Phi) is 3.63. The highest BCUT2D eigenvalue weighted by Gasteiger charge is 2.39. The SMILES string of the molecule is CC(C)(NC(=O)c1cc([N+](=O)[O-])ccc1NN)C1CC1. The van der Waals surface area contributed by atoms with Crippen LogP contribution in [0, 0.1) is 16.0 Å². The fraction of sp³-hybridized carbons (Fsp3) is 0.462. The molecule has 20 heavy (non-hydrogen) atoms. The molecule has 2 rings (SSSR count). The molecule has 0 saturated heterocycles. The van der Waals surface area contributed by atoms with Crippen molar-refractivity contribution in [1.29, 1.82) is 0 Å². The van der Waals surface area contributed by atoms with E-state index >= 15 is 0 Å². The number of hydrogen-bond acceptors (Lipinski definition) is 5. The van der Waals surface area contributed by atoms with Gasteiger partial charge < -0.3 is 10.7 Å². The summed E-state index contributed by atoms with van der Waals surface area (Å²) in [7, 11) is 0. The van der Waals surface area contributed by atoms with Crippen LogP contribution in [-0.4, -0.2) is 16.4 Å². The molecule has 0 radical (unpaired) electrons. The van der Waals surface area contributed by atoms with Crippen molar-refractivity contribution in [3.05, 3.63) is 33.9 Å². The first kappa shape index (κ1) is 14.3. The number of nitrogen functional groups attached to an aromatic ring is 1. The molecule has 7 nitrogen and oxygen atoms in total. The summed E-state index contributed by atoms with van der Waals surface area (Å²) in [4.78, 5) is 22.6. The van der Waals surface area contributed by atoms with Gasteiger partial charge in [-0.3, -0.25) is 20.8 Å². The number of non-ortho nitro benzene ring substituents is 1. The van der Waals surface area contributed by atoms with Crippen LogP contribution in [0.3, 0.4) is 0 Å². The minimum Gasteiger partial charge on any atom is -0.347 e. The Hall–Kier alpha value is -2.15. The standard InChI is InChI=1S/C13H18N4O3/c1-13(2,8-3-4-8)15-12(18)10-7-9(17(19)20)5-6-11(10)16-14/h5-8,16H,3-4,14H2,1-2H3,(H,15,18). The minimum atomic E-state index is -0.539. The van der Waals surface area contributed by atoms with Crippen LogP contribution >= 0.6 is 0 Å². The molecule has 1 aromatic rings. The number of nitro groups is 1. The van der Waals surface area contributed by atoms with Gasteiger partial charge in [-0.2, -0.15) is 0 Å². The van der Waals surface area contributed by atoms with E-state index in [1.54, 1.807) is 0 Å². The zero-order valence-corrected chi connectivity index (χ0v) is 11.5. The number of carbonyl (C=O) groups is 1. The molecular formula is C13H18N4O3. The highest BCUT2D eigenvalue weighted by Crippen LogP contribution is 2.39. The molecule has 1 aliphatic carbocycles. The maximum atomic E-state index is 12.3. The number of hydrazine groups is 1. The van der Waals surface area contributed by atoms with Gasteiger partial charge in [-0.1, -0.05) is 0 Å². The molecule has 1 amide bonds. The first-order valence-corrected chi connectivity index (χ1v) is 6.42. The maximum Gasteiger partial charge on any atom is 0.270 e. The topological polar surface area (TPSA) is 110 Å². The van der Waals surface area contributed by atoms with Crippen LogP contribution in [0.1, 0.15) is 37.0 Å². The lowest BCUT2D eigenvalue weighted by atomic mass is 9.98.